The van der Waals surface area contributed by atoms with Crippen LogP contribution in [0.5, 0.6) is 0 Å². The van der Waals surface area contributed by atoms with Crippen LogP contribution in [0.25, 0.3) is 0 Å². The molecule has 7 nitrogen and oxygen atoms in total. The summed E-state index contributed by atoms with van der Waals surface area (Å²) in [4.78, 5) is 26.4. The van der Waals surface area contributed by atoms with Crippen LogP contribution in [-0.4, -0.2) is 78.5 Å². The van der Waals surface area contributed by atoms with Crippen LogP contribution in [0.15, 0.2) is 0 Å². The Morgan fingerprint density at radius 2 is 1.95 bits per heavy atom. The lowest BCUT2D eigenvalue weighted by Gasteiger charge is -2.38. The van der Waals surface area contributed by atoms with Crippen LogP contribution < -0.4 is 0 Å². The molecule has 2 amide bonds. The Morgan fingerprint density at radius 1 is 1.25 bits per heavy atom. The van der Waals surface area contributed by atoms with Crippen molar-refractivity contribution < 1.29 is 24.2 Å². The van der Waals surface area contributed by atoms with Crippen LogP contribution in [0.1, 0.15) is 19.8 Å². The molecule has 0 aliphatic carbocycles. The number of amides is 2. The van der Waals surface area contributed by atoms with Gasteiger partial charge in [-0.25, -0.2) is 9.59 Å². The summed E-state index contributed by atoms with van der Waals surface area (Å²) in [5.41, 5.74) is 0. The van der Waals surface area contributed by atoms with Crippen LogP contribution in [0.2, 0.25) is 0 Å². The number of carboxylic acids is 1. The van der Waals surface area contributed by atoms with Gasteiger partial charge in [0.25, 0.3) is 0 Å². The second-order valence-corrected chi connectivity index (χ2v) is 5.30. The van der Waals surface area contributed by atoms with E-state index in [1.54, 1.807) is 0 Å². The Labute approximate surface area is 118 Å². The van der Waals surface area contributed by atoms with Crippen LogP contribution in [0.3, 0.4) is 0 Å². The molecule has 0 aromatic heterocycles. The number of urea groups is 1. The molecule has 2 aliphatic rings. The molecule has 0 bridgehead atoms. The van der Waals surface area contributed by atoms with E-state index in [-0.39, 0.29) is 24.8 Å². The molecule has 2 aliphatic heterocycles. The number of carbonyl (C=O) groups excluding carboxylic acids is 1. The number of likely N-dealkylation sites (tertiary alicyclic amines) is 1. The molecule has 0 spiro atoms. The van der Waals surface area contributed by atoms with Crippen molar-refractivity contribution in [2.24, 2.45) is 0 Å². The highest BCUT2D eigenvalue weighted by Gasteiger charge is 2.29. The minimum atomic E-state index is -0.953. The van der Waals surface area contributed by atoms with Gasteiger partial charge in [0.2, 0.25) is 0 Å². The monoisotopic (exact) mass is 286 g/mol. The molecule has 20 heavy (non-hydrogen) atoms. The third kappa shape index (κ3) is 4.08. The predicted molar refractivity (Wildman–Crippen MR) is 70.6 cm³/mol. The lowest BCUT2D eigenvalue weighted by atomic mass is 10.1. The van der Waals surface area contributed by atoms with E-state index in [0.717, 1.165) is 0 Å². The Bertz CT molecular complexity index is 355. The third-order valence-electron chi connectivity index (χ3n) is 3.67. The molecule has 2 fully saturated rings. The van der Waals surface area contributed by atoms with Crippen molar-refractivity contribution in [3.63, 3.8) is 0 Å². The van der Waals surface area contributed by atoms with E-state index in [9.17, 15) is 9.59 Å². The molecule has 7 heteroatoms. The van der Waals surface area contributed by atoms with Crippen molar-refractivity contribution in [2.45, 2.75) is 32.0 Å². The van der Waals surface area contributed by atoms with E-state index in [1.165, 1.54) is 0 Å². The average Bonchev–Trinajstić information content (AvgIpc) is 2.45. The van der Waals surface area contributed by atoms with Gasteiger partial charge in [-0.3, -0.25) is 0 Å². The number of rotatable bonds is 3. The fourth-order valence-electron chi connectivity index (χ4n) is 2.60. The first-order chi connectivity index (χ1) is 9.56. The molecule has 114 valence electrons. The Balaban J connectivity index is 1.75. The first-order valence-corrected chi connectivity index (χ1v) is 7.05. The maximum atomic E-state index is 12.3. The zero-order chi connectivity index (χ0) is 14.5. The highest BCUT2D eigenvalue weighted by molar-refractivity contribution is 5.74. The Morgan fingerprint density at radius 3 is 2.55 bits per heavy atom. The van der Waals surface area contributed by atoms with Gasteiger partial charge in [0.05, 0.1) is 18.8 Å². The van der Waals surface area contributed by atoms with Crippen molar-refractivity contribution in [1.29, 1.82) is 0 Å². The molecule has 1 unspecified atom stereocenters. The van der Waals surface area contributed by atoms with E-state index in [2.05, 4.69) is 0 Å². The number of carboxylic acid groups (broad SMARTS) is 1. The zero-order valence-corrected chi connectivity index (χ0v) is 11.8. The molecular weight excluding hydrogens is 264 g/mol. The molecule has 0 radical (unpaired) electrons. The molecule has 0 aromatic rings. The number of piperidine rings is 1. The molecule has 1 N–H and O–H groups in total. The van der Waals surface area contributed by atoms with E-state index in [4.69, 9.17) is 14.6 Å². The van der Waals surface area contributed by atoms with Gasteiger partial charge in [-0.1, -0.05) is 0 Å². The number of morpholine rings is 1. The molecule has 2 saturated heterocycles. The van der Waals surface area contributed by atoms with Gasteiger partial charge in [-0.15, -0.1) is 0 Å². The normalized spacial score (nSPS) is 24.8. The smallest absolute Gasteiger partial charge is 0.329 e. The Hall–Kier alpha value is -1.34. The van der Waals surface area contributed by atoms with Crippen LogP contribution in [-0.2, 0) is 14.3 Å². The third-order valence-corrected chi connectivity index (χ3v) is 3.67. The SMILES string of the molecule is CC1CN(C(=O)N2CCC(OCC(=O)O)CC2)CCO1. The topological polar surface area (TPSA) is 79.3 Å². The van der Waals surface area contributed by atoms with E-state index >= 15 is 0 Å². The van der Waals surface area contributed by atoms with Crippen LogP contribution in [0.4, 0.5) is 4.79 Å². The van der Waals surface area contributed by atoms with Gasteiger partial charge in [0.1, 0.15) is 6.61 Å². The maximum absolute atomic E-state index is 12.3. The summed E-state index contributed by atoms with van der Waals surface area (Å²) < 4.78 is 10.7. The predicted octanol–water partition coefficient (Wildman–Crippen LogP) is 0.393. The second kappa shape index (κ2) is 6.90. The molecular formula is C13H22N2O5. The zero-order valence-electron chi connectivity index (χ0n) is 11.8. The summed E-state index contributed by atoms with van der Waals surface area (Å²) in [6.45, 7) is 4.80. The number of ether oxygens (including phenoxy) is 2. The first-order valence-electron chi connectivity index (χ1n) is 7.05. The highest BCUT2D eigenvalue weighted by Crippen LogP contribution is 2.16. The van der Waals surface area contributed by atoms with E-state index in [0.29, 0.717) is 45.6 Å². The first kappa shape index (κ1) is 15.1. The van der Waals surface area contributed by atoms with E-state index in [1.807, 2.05) is 16.7 Å². The molecule has 0 aromatic carbocycles. The van der Waals surface area contributed by atoms with Gasteiger partial charge < -0.3 is 24.4 Å². The van der Waals surface area contributed by atoms with Crippen LogP contribution >= 0.6 is 0 Å². The minimum Gasteiger partial charge on any atom is -0.480 e. The summed E-state index contributed by atoms with van der Waals surface area (Å²) in [6, 6.07) is 0.0526. The van der Waals surface area contributed by atoms with Crippen molar-refractivity contribution in [2.75, 3.05) is 39.4 Å². The second-order valence-electron chi connectivity index (χ2n) is 5.30. The van der Waals surface area contributed by atoms with Crippen molar-refractivity contribution in [3.8, 4) is 0 Å². The summed E-state index contributed by atoms with van der Waals surface area (Å²) in [7, 11) is 0. The summed E-state index contributed by atoms with van der Waals surface area (Å²) in [5, 5.41) is 8.57. The lowest BCUT2D eigenvalue weighted by molar-refractivity contribution is -0.145. The van der Waals surface area contributed by atoms with Gasteiger partial charge in [-0.2, -0.15) is 0 Å². The molecule has 2 heterocycles. The lowest BCUT2D eigenvalue weighted by Crippen LogP contribution is -2.52. The number of carbonyl (C=O) groups is 2. The maximum Gasteiger partial charge on any atom is 0.329 e. The van der Waals surface area contributed by atoms with Gasteiger partial charge in [-0.05, 0) is 19.8 Å². The number of nitrogens with zero attached hydrogens (tertiary/aromatic N) is 2. The van der Waals surface area contributed by atoms with Gasteiger partial charge in [0, 0.05) is 26.2 Å². The van der Waals surface area contributed by atoms with Gasteiger partial charge in [0.15, 0.2) is 0 Å². The highest BCUT2D eigenvalue weighted by atomic mass is 16.5. The molecule has 1 atom stereocenters. The summed E-state index contributed by atoms with van der Waals surface area (Å²) >= 11 is 0. The standard InChI is InChI=1S/C13H22N2O5/c1-10-8-15(6-7-19-10)13(18)14-4-2-11(3-5-14)20-9-12(16)17/h10-11H,2-9H2,1H3,(H,16,17). The molecule has 0 saturated carbocycles. The van der Waals surface area contributed by atoms with Crippen molar-refractivity contribution in [1.82, 2.24) is 9.80 Å². The summed E-state index contributed by atoms with van der Waals surface area (Å²) in [5.74, 6) is -0.953. The van der Waals surface area contributed by atoms with Crippen molar-refractivity contribution >= 4 is 12.0 Å². The number of aliphatic carboxylic acids is 1. The minimum absolute atomic E-state index is 0.0526. The summed E-state index contributed by atoms with van der Waals surface area (Å²) in [6.07, 6.45) is 1.42. The fourth-order valence-corrected chi connectivity index (χ4v) is 2.60. The molecule has 2 rings (SSSR count). The number of hydrogen-bond acceptors (Lipinski definition) is 4. The van der Waals surface area contributed by atoms with Gasteiger partial charge >= 0.3 is 12.0 Å². The fraction of sp³-hybridized carbons (Fsp3) is 0.846. The quantitative estimate of drug-likeness (QED) is 0.812. The Kier molecular flexibility index (Phi) is 5.19. The van der Waals surface area contributed by atoms with E-state index < -0.39 is 5.97 Å². The van der Waals surface area contributed by atoms with Crippen molar-refractivity contribution in [3.05, 3.63) is 0 Å². The average molecular weight is 286 g/mol. The largest absolute Gasteiger partial charge is 0.480 e. The number of hydrogen-bond donors (Lipinski definition) is 1. The van der Waals surface area contributed by atoms with Crippen LogP contribution in [0, 0.1) is 0 Å².